The smallest absolute Gasteiger partial charge is 0.426 e. The van der Waals surface area contributed by atoms with E-state index in [1.54, 1.807) is 32.0 Å². The zero-order valence-electron chi connectivity index (χ0n) is 77.5. The molecule has 1 N–H and O–H groups in total. The highest BCUT2D eigenvalue weighted by Crippen LogP contribution is 2.66. The zero-order chi connectivity index (χ0) is 91.7. The summed E-state index contributed by atoms with van der Waals surface area (Å²) in [6.07, 6.45) is 6.90. The molecule has 9 unspecified atom stereocenters. The second-order valence-corrected chi connectivity index (χ2v) is 45.2. The minimum absolute atomic E-state index is 0.00100. The maximum Gasteiger partial charge on any atom is 0.426 e. The van der Waals surface area contributed by atoms with Crippen LogP contribution in [0.1, 0.15) is 291 Å². The molecule has 6 aromatic rings. The highest BCUT2D eigenvalue weighted by Gasteiger charge is 2.67. The Labute approximate surface area is 737 Å². The predicted octanol–water partition coefficient (Wildman–Crippen LogP) is 23.9. The van der Waals surface area contributed by atoms with Gasteiger partial charge in [0.2, 0.25) is 6.10 Å². The fourth-order valence-corrected chi connectivity index (χ4v) is 22.7. The molecule has 0 amide bonds. The number of aromatic hydroxyl groups is 1. The van der Waals surface area contributed by atoms with Crippen LogP contribution < -0.4 is 9.47 Å². The Bertz CT molecular complexity index is 4750. The topological polar surface area (TPSA) is 254 Å². The quantitative estimate of drug-likeness (QED) is 0.0206. The van der Waals surface area contributed by atoms with Gasteiger partial charge < -0.3 is 47.6 Å². The molecule has 4 heterocycles. The molecule has 23 heteroatoms. The number of halogens is 3. The lowest BCUT2D eigenvalue weighted by molar-refractivity contribution is -0.239. The van der Waals surface area contributed by atoms with E-state index in [-0.39, 0.29) is 104 Å². The van der Waals surface area contributed by atoms with Crippen LogP contribution in [0.2, 0.25) is 0 Å². The molecule has 684 valence electrons. The molecule has 11 fully saturated rings. The highest BCUT2D eigenvalue weighted by molar-refractivity contribution is 7.85. The fourth-order valence-electron chi connectivity index (χ4n) is 19.7. The normalized spacial score (nSPS) is 26.3. The van der Waals surface area contributed by atoms with Crippen molar-refractivity contribution in [2.75, 3.05) is 5.75 Å². The van der Waals surface area contributed by atoms with Crippen molar-refractivity contribution in [3.05, 3.63) is 132 Å². The molecule has 124 heavy (non-hydrogen) atoms. The Morgan fingerprint density at radius 2 is 1.06 bits per heavy atom. The number of alkyl halides is 3. The van der Waals surface area contributed by atoms with Crippen LogP contribution in [-0.4, -0.2) is 113 Å². The van der Waals surface area contributed by atoms with Gasteiger partial charge in [-0.25, -0.2) is 8.42 Å². The summed E-state index contributed by atoms with van der Waals surface area (Å²) in [6, 6.07) is 41.8. The first-order valence-electron chi connectivity index (χ1n) is 45.2. The summed E-state index contributed by atoms with van der Waals surface area (Å²) in [5.41, 5.74) is -2.50. The summed E-state index contributed by atoms with van der Waals surface area (Å²) in [7, 11) is -5.21. The van der Waals surface area contributed by atoms with E-state index in [2.05, 4.69) is 163 Å². The van der Waals surface area contributed by atoms with Crippen LogP contribution in [0.15, 0.2) is 121 Å². The van der Waals surface area contributed by atoms with Crippen molar-refractivity contribution in [2.45, 2.75) is 339 Å². The number of carbonyl (C=O) groups excluding carboxylic acids is 6. The maximum absolute atomic E-state index is 13.3. The summed E-state index contributed by atoms with van der Waals surface area (Å²) >= 11 is 0. The molecule has 5 aromatic carbocycles. The highest BCUT2D eigenvalue weighted by atomic mass is 32.2. The Morgan fingerprint density at radius 3 is 1.55 bits per heavy atom. The molecule has 8 aliphatic carbocycles. The molecule has 18 nitrogen and oxygen atoms in total. The van der Waals surface area contributed by atoms with Gasteiger partial charge in [0, 0.05) is 38.6 Å². The third-order valence-corrected chi connectivity index (χ3v) is 32.0. The first-order valence-corrected chi connectivity index (χ1v) is 48.0. The standard InChI is InChI=1S/C20H29F3O7S.C19H32O2.C18H13S.C16H24O3.C15H24O.C13H18O5/c1-4-17(2,3)15(24)30-19-8-12-5-13(9-19)7-18(6-12,11-19)16(25)29-14(20(21,22)23)10-31(26,27)28;1-6-17(2,3)16(20)21-18(4,5)19-10-13-7-14(11-19)9-15(8-13)12-19;1-2-8-14(9-3-1)19-17-12-6-4-10-15(17)16-11-5-7-13-18(16)19;1-7-16(5,6)14(18)19-11-8-9-13(17)12(10-11)15(2,3)4;1-6-12(3)13-8-10-14(11-9-13)16-15(4,5)7-2;1-4-13(2,3)12(15)18-9-7-5-6-8(16-7)10(9)17-11(6)14/h12-14H,4-11H2,1-3H3,(H,26,27,28);13-15H,6-12H2,1-5H3;1-13H;8-10,17H,7H2,1-6H3;8-12H,6-7H2,1-5H3;6-10H,4-5H2,1-3H3/q;;+1;;;/p-1. The first-order chi connectivity index (χ1) is 57.6. The van der Waals surface area contributed by atoms with Crippen molar-refractivity contribution in [1.82, 2.24) is 0 Å². The minimum Gasteiger partial charge on any atom is -0.748 e. The molecule has 1 aromatic heterocycles. The number of fused-ring (bicyclic) bond motifs is 4. The van der Waals surface area contributed by atoms with Gasteiger partial charge in [0.1, 0.15) is 40.2 Å². The van der Waals surface area contributed by atoms with Crippen LogP contribution in [0.4, 0.5) is 13.2 Å². The zero-order valence-corrected chi connectivity index (χ0v) is 79.1. The van der Waals surface area contributed by atoms with E-state index >= 15 is 0 Å². The van der Waals surface area contributed by atoms with Crippen LogP contribution in [-0.2, 0) is 72.7 Å². The number of phenolic OH excluding ortho intramolecular Hbond substituents is 1. The van der Waals surface area contributed by atoms with Crippen LogP contribution in [0, 0.1) is 68.0 Å². The third-order valence-electron chi connectivity index (χ3n) is 28.9. The monoisotopic (exact) mass is 1760 g/mol. The molecule has 9 atom stereocenters. The molecular formula is C101H139F3O18S2. The molecule has 10 bridgehead atoms. The minimum atomic E-state index is -5.27. The number of hydrogen-bond acceptors (Lipinski definition) is 18. The van der Waals surface area contributed by atoms with Crippen molar-refractivity contribution >= 4 is 76.6 Å². The van der Waals surface area contributed by atoms with Gasteiger partial charge >= 0.3 is 42.0 Å². The summed E-state index contributed by atoms with van der Waals surface area (Å²) in [5, 5.41) is 12.7. The summed E-state index contributed by atoms with van der Waals surface area (Å²) in [5.74, 6) is 0.702. The predicted molar refractivity (Wildman–Crippen MR) is 478 cm³/mol. The van der Waals surface area contributed by atoms with Crippen molar-refractivity contribution in [3.8, 4) is 22.1 Å². The van der Waals surface area contributed by atoms with Gasteiger partial charge in [-0.15, -0.1) is 0 Å². The van der Waals surface area contributed by atoms with Crippen LogP contribution in [0.3, 0.4) is 0 Å². The van der Waals surface area contributed by atoms with Gasteiger partial charge in [-0.1, -0.05) is 124 Å². The number of carbonyl (C=O) groups is 6. The molecule has 3 saturated heterocycles. The van der Waals surface area contributed by atoms with Crippen molar-refractivity contribution in [3.63, 3.8) is 0 Å². The Morgan fingerprint density at radius 1 is 0.573 bits per heavy atom. The summed E-state index contributed by atoms with van der Waals surface area (Å²) in [6.45, 7) is 44.0. The Hall–Kier alpha value is -7.60. The number of phenols is 1. The van der Waals surface area contributed by atoms with E-state index in [1.165, 1.54) is 75.6 Å². The molecule has 17 rings (SSSR count). The van der Waals surface area contributed by atoms with E-state index < -0.39 is 79.6 Å². The maximum atomic E-state index is 13.3. The van der Waals surface area contributed by atoms with Crippen LogP contribution in [0.25, 0.3) is 25.1 Å². The molecule has 3 aliphatic heterocycles. The summed E-state index contributed by atoms with van der Waals surface area (Å²) < 4.78 is 120. The van der Waals surface area contributed by atoms with Gasteiger partial charge in [-0.2, -0.15) is 13.2 Å². The average Bonchev–Trinajstić information content (AvgIpc) is 1.17. The number of rotatable bonds is 23. The number of thiophene rings is 1. The SMILES string of the molecule is CCC(C)(C)C(=O)OC(C)(C)C12CC3CC(CC(C3)C1)C2.CCC(C)(C)C(=O)OC12CC3CC(C1)CC(C(=O)OC(CS(=O)(=O)[O-])C(F)(F)F)(C3)C2.CCC(C)(C)C(=O)OC1C2CC3C(=O)OC1C3O2.CCC(C)(C)C(=O)Oc1ccc(O)c(C(C)(C)C)c1.CCC(C)c1ccc(OC(C)(C)CC)cc1.c1ccc(-[s+]2c3ccccc3c3ccccc32)cc1. The van der Waals surface area contributed by atoms with Crippen molar-refractivity contribution in [1.29, 1.82) is 0 Å². The van der Waals surface area contributed by atoms with Crippen LogP contribution in [0.5, 0.6) is 17.2 Å². The largest absolute Gasteiger partial charge is 0.748 e. The van der Waals surface area contributed by atoms with E-state index in [1.807, 2.05) is 83.1 Å². The number of hydrogen-bond donors (Lipinski definition) is 1. The van der Waals surface area contributed by atoms with Crippen molar-refractivity contribution in [2.24, 2.45) is 68.0 Å². The van der Waals surface area contributed by atoms with Gasteiger partial charge in [0.05, 0.1) is 55.0 Å². The lowest BCUT2D eigenvalue weighted by Gasteiger charge is -2.61. The molecule has 0 spiro atoms. The second-order valence-electron chi connectivity index (χ2n) is 41.8. The first kappa shape index (κ1) is 98.6. The van der Waals surface area contributed by atoms with E-state index in [0.29, 0.717) is 56.6 Å². The lowest BCUT2D eigenvalue weighted by atomic mass is 9.46. The number of esters is 6. The van der Waals surface area contributed by atoms with Gasteiger partial charge in [0.25, 0.3) is 0 Å². The van der Waals surface area contributed by atoms with E-state index in [9.17, 15) is 60.0 Å². The van der Waals surface area contributed by atoms with E-state index in [4.69, 9.17) is 33.2 Å². The lowest BCUT2D eigenvalue weighted by Crippen LogP contribution is -2.61. The van der Waals surface area contributed by atoms with Gasteiger partial charge in [-0.3, -0.25) is 28.8 Å². The number of benzene rings is 5. The molecular weight excluding hydrogens is 1620 g/mol. The molecule has 8 saturated carbocycles. The number of ether oxygens (including phenoxy) is 8. The Balaban J connectivity index is 0.000000158. The fraction of sp³-hybridized carbons (Fsp3) is 0.644. The molecule has 11 aliphatic rings. The van der Waals surface area contributed by atoms with Crippen molar-refractivity contribution < 1.29 is 97.9 Å². The molecule has 0 radical (unpaired) electrons. The van der Waals surface area contributed by atoms with Gasteiger partial charge in [0.15, 0.2) is 26.5 Å². The van der Waals surface area contributed by atoms with E-state index in [0.717, 1.165) is 54.7 Å². The Kier molecular flexibility index (Phi) is 30.2. The third kappa shape index (κ3) is 22.7. The second kappa shape index (κ2) is 38.0. The van der Waals surface area contributed by atoms with Gasteiger partial charge in [-0.05, 0) is 312 Å². The average molecular weight is 1760 g/mol. The van der Waals surface area contributed by atoms with Crippen LogP contribution >= 0.6 is 10.5 Å². The summed E-state index contributed by atoms with van der Waals surface area (Å²) in [4.78, 5) is 75.3.